The van der Waals surface area contributed by atoms with Gasteiger partial charge in [0.15, 0.2) is 0 Å². The van der Waals surface area contributed by atoms with Gasteiger partial charge in [0.2, 0.25) is 5.91 Å². The number of carboxylic acids is 1. The third-order valence-electron chi connectivity index (χ3n) is 3.12. The van der Waals surface area contributed by atoms with Crippen molar-refractivity contribution in [1.82, 2.24) is 5.32 Å². The van der Waals surface area contributed by atoms with Gasteiger partial charge in [0.1, 0.15) is 5.54 Å². The summed E-state index contributed by atoms with van der Waals surface area (Å²) in [7, 11) is 0. The van der Waals surface area contributed by atoms with E-state index in [0.717, 1.165) is 10.0 Å². The zero-order valence-corrected chi connectivity index (χ0v) is 11.4. The lowest BCUT2D eigenvalue weighted by Crippen LogP contribution is -2.43. The zero-order valence-electron chi connectivity index (χ0n) is 9.78. The molecule has 0 aromatic heterocycles. The van der Waals surface area contributed by atoms with Crippen molar-refractivity contribution in [1.29, 1.82) is 0 Å². The summed E-state index contributed by atoms with van der Waals surface area (Å²) in [6, 6.07) is 7.70. The SMILES string of the molecule is O=C(CCc1ccccc1Br)NC1(C(=O)O)CC1. The molecule has 4 nitrogen and oxygen atoms in total. The van der Waals surface area contributed by atoms with Crippen LogP contribution in [0.5, 0.6) is 0 Å². The highest BCUT2D eigenvalue weighted by molar-refractivity contribution is 9.10. The Morgan fingerprint density at radius 2 is 2.00 bits per heavy atom. The van der Waals surface area contributed by atoms with Crippen LogP contribution in [0.15, 0.2) is 28.7 Å². The number of aryl methyl sites for hydroxylation is 1. The van der Waals surface area contributed by atoms with Gasteiger partial charge in [-0.25, -0.2) is 4.79 Å². The van der Waals surface area contributed by atoms with Crippen LogP contribution in [0.3, 0.4) is 0 Å². The van der Waals surface area contributed by atoms with E-state index in [1.807, 2.05) is 24.3 Å². The maximum absolute atomic E-state index is 11.7. The molecule has 0 heterocycles. The Morgan fingerprint density at radius 1 is 1.33 bits per heavy atom. The number of rotatable bonds is 5. The summed E-state index contributed by atoms with van der Waals surface area (Å²) in [4.78, 5) is 22.6. The van der Waals surface area contributed by atoms with Crippen molar-refractivity contribution in [3.63, 3.8) is 0 Å². The van der Waals surface area contributed by atoms with Gasteiger partial charge in [0, 0.05) is 10.9 Å². The fourth-order valence-corrected chi connectivity index (χ4v) is 2.28. The monoisotopic (exact) mass is 311 g/mol. The summed E-state index contributed by atoms with van der Waals surface area (Å²) in [5, 5.41) is 11.6. The number of nitrogens with one attached hydrogen (secondary N) is 1. The van der Waals surface area contributed by atoms with Crippen LogP contribution in [-0.4, -0.2) is 22.5 Å². The minimum Gasteiger partial charge on any atom is -0.480 e. The summed E-state index contributed by atoms with van der Waals surface area (Å²) in [5.41, 5.74) is 0.0678. The topological polar surface area (TPSA) is 66.4 Å². The van der Waals surface area contributed by atoms with Crippen LogP contribution in [-0.2, 0) is 16.0 Å². The molecule has 1 aliphatic rings. The number of benzene rings is 1. The standard InChI is InChI=1S/C13H14BrNO3/c14-10-4-2-1-3-9(10)5-6-11(16)15-13(7-8-13)12(17)18/h1-4H,5-8H2,(H,15,16)(H,17,18). The van der Waals surface area contributed by atoms with Gasteiger partial charge in [-0.2, -0.15) is 0 Å². The molecule has 2 rings (SSSR count). The molecule has 0 saturated heterocycles. The lowest BCUT2D eigenvalue weighted by atomic mass is 10.1. The summed E-state index contributed by atoms with van der Waals surface area (Å²) in [5.74, 6) is -1.14. The molecular weight excluding hydrogens is 298 g/mol. The number of hydrogen-bond donors (Lipinski definition) is 2. The molecule has 5 heteroatoms. The van der Waals surface area contributed by atoms with Gasteiger partial charge in [0.25, 0.3) is 0 Å². The van der Waals surface area contributed by atoms with E-state index in [0.29, 0.717) is 25.7 Å². The van der Waals surface area contributed by atoms with Crippen molar-refractivity contribution in [2.45, 2.75) is 31.2 Å². The fraction of sp³-hybridized carbons (Fsp3) is 0.385. The molecule has 18 heavy (non-hydrogen) atoms. The number of hydrogen-bond acceptors (Lipinski definition) is 2. The minimum atomic E-state index is -0.981. The molecule has 0 unspecified atom stereocenters. The predicted octanol–water partition coefficient (Wildman–Crippen LogP) is 2.12. The van der Waals surface area contributed by atoms with E-state index >= 15 is 0 Å². The molecular formula is C13H14BrNO3. The van der Waals surface area contributed by atoms with Crippen molar-refractivity contribution >= 4 is 27.8 Å². The maximum atomic E-state index is 11.7. The number of carbonyl (C=O) groups excluding carboxylic acids is 1. The van der Waals surface area contributed by atoms with Crippen LogP contribution in [0.25, 0.3) is 0 Å². The first-order valence-electron chi connectivity index (χ1n) is 5.81. The second-order valence-electron chi connectivity index (χ2n) is 4.53. The third-order valence-corrected chi connectivity index (χ3v) is 3.89. The summed E-state index contributed by atoms with van der Waals surface area (Å²) in [6.07, 6.45) is 1.97. The summed E-state index contributed by atoms with van der Waals surface area (Å²) >= 11 is 3.42. The maximum Gasteiger partial charge on any atom is 0.329 e. The summed E-state index contributed by atoms with van der Waals surface area (Å²) < 4.78 is 0.970. The van der Waals surface area contributed by atoms with Gasteiger partial charge in [-0.1, -0.05) is 34.1 Å². The van der Waals surface area contributed by atoms with Crippen LogP contribution < -0.4 is 5.32 Å². The number of carbonyl (C=O) groups is 2. The van der Waals surface area contributed by atoms with Crippen molar-refractivity contribution in [3.8, 4) is 0 Å². The fourth-order valence-electron chi connectivity index (χ4n) is 1.80. The Kier molecular flexibility index (Phi) is 3.71. The van der Waals surface area contributed by atoms with Crippen LogP contribution >= 0.6 is 15.9 Å². The Bertz CT molecular complexity index is 483. The van der Waals surface area contributed by atoms with E-state index < -0.39 is 11.5 Å². The molecule has 0 radical (unpaired) electrons. The van der Waals surface area contributed by atoms with Gasteiger partial charge in [-0.3, -0.25) is 4.79 Å². The third kappa shape index (κ3) is 2.90. The van der Waals surface area contributed by atoms with Crippen molar-refractivity contribution in [2.75, 3.05) is 0 Å². The van der Waals surface area contributed by atoms with Crippen molar-refractivity contribution in [2.24, 2.45) is 0 Å². The molecule has 1 aromatic rings. The van der Waals surface area contributed by atoms with Crippen LogP contribution in [0, 0.1) is 0 Å². The first-order chi connectivity index (χ1) is 8.53. The quantitative estimate of drug-likeness (QED) is 0.875. The normalized spacial score (nSPS) is 16.1. The molecule has 1 aromatic carbocycles. The zero-order chi connectivity index (χ0) is 13.2. The molecule has 1 saturated carbocycles. The molecule has 0 aliphatic heterocycles. The van der Waals surface area contributed by atoms with Crippen LogP contribution in [0.1, 0.15) is 24.8 Å². The second kappa shape index (κ2) is 5.10. The Morgan fingerprint density at radius 3 is 2.56 bits per heavy atom. The number of halogens is 1. The highest BCUT2D eigenvalue weighted by Gasteiger charge is 2.51. The number of carboxylic acid groups (broad SMARTS) is 1. The van der Waals surface area contributed by atoms with Crippen LogP contribution in [0.4, 0.5) is 0 Å². The van der Waals surface area contributed by atoms with E-state index in [9.17, 15) is 9.59 Å². The molecule has 0 bridgehead atoms. The molecule has 0 spiro atoms. The minimum absolute atomic E-state index is 0.203. The lowest BCUT2D eigenvalue weighted by Gasteiger charge is -2.12. The van der Waals surface area contributed by atoms with Crippen molar-refractivity contribution in [3.05, 3.63) is 34.3 Å². The Balaban J connectivity index is 1.86. The van der Waals surface area contributed by atoms with Gasteiger partial charge in [-0.05, 0) is 30.9 Å². The molecule has 2 N–H and O–H groups in total. The Labute approximate surface area is 114 Å². The first-order valence-corrected chi connectivity index (χ1v) is 6.61. The second-order valence-corrected chi connectivity index (χ2v) is 5.38. The van der Waals surface area contributed by atoms with E-state index in [1.54, 1.807) is 0 Å². The Hall–Kier alpha value is -1.36. The highest BCUT2D eigenvalue weighted by atomic mass is 79.9. The van der Waals surface area contributed by atoms with Gasteiger partial charge >= 0.3 is 5.97 Å². The number of amides is 1. The van der Waals surface area contributed by atoms with Crippen LogP contribution in [0.2, 0.25) is 0 Å². The average Bonchev–Trinajstić information content (AvgIpc) is 3.09. The largest absolute Gasteiger partial charge is 0.480 e. The predicted molar refractivity (Wildman–Crippen MR) is 70.2 cm³/mol. The van der Waals surface area contributed by atoms with Gasteiger partial charge in [0.05, 0.1) is 0 Å². The number of aliphatic carboxylic acids is 1. The molecule has 1 aliphatic carbocycles. The molecule has 1 fully saturated rings. The van der Waals surface area contributed by atoms with Gasteiger partial charge in [-0.15, -0.1) is 0 Å². The van der Waals surface area contributed by atoms with E-state index in [1.165, 1.54) is 0 Å². The molecule has 1 amide bonds. The summed E-state index contributed by atoms with van der Waals surface area (Å²) in [6.45, 7) is 0. The van der Waals surface area contributed by atoms with E-state index in [4.69, 9.17) is 5.11 Å². The average molecular weight is 312 g/mol. The van der Waals surface area contributed by atoms with E-state index in [2.05, 4.69) is 21.2 Å². The smallest absolute Gasteiger partial charge is 0.329 e. The lowest BCUT2D eigenvalue weighted by molar-refractivity contribution is -0.143. The van der Waals surface area contributed by atoms with Crippen molar-refractivity contribution < 1.29 is 14.7 Å². The van der Waals surface area contributed by atoms with Gasteiger partial charge < -0.3 is 10.4 Å². The highest BCUT2D eigenvalue weighted by Crippen LogP contribution is 2.35. The molecule has 96 valence electrons. The first kappa shape index (κ1) is 13.1. The molecule has 0 atom stereocenters. The van der Waals surface area contributed by atoms with E-state index in [-0.39, 0.29) is 5.91 Å².